The van der Waals surface area contributed by atoms with Crippen molar-refractivity contribution in [3.63, 3.8) is 0 Å². The number of aromatic nitrogens is 2. The van der Waals surface area contributed by atoms with Gasteiger partial charge in [0.15, 0.2) is 11.5 Å². The zero-order valence-electron chi connectivity index (χ0n) is 11.2. The fourth-order valence-corrected chi connectivity index (χ4v) is 1.73. The van der Waals surface area contributed by atoms with Gasteiger partial charge in [-0.2, -0.15) is 4.99 Å². The van der Waals surface area contributed by atoms with Gasteiger partial charge in [-0.25, -0.2) is 0 Å². The topological polar surface area (TPSA) is 73.0 Å². The van der Waals surface area contributed by atoms with Gasteiger partial charge in [0.25, 0.3) is 0 Å². The monoisotopic (exact) mass is 274 g/mol. The van der Waals surface area contributed by atoms with Gasteiger partial charge in [-0.15, -0.1) is 5.10 Å². The highest BCUT2D eigenvalue weighted by Gasteiger charge is 2.15. The van der Waals surface area contributed by atoms with Gasteiger partial charge >= 0.3 is 6.01 Å². The van der Waals surface area contributed by atoms with E-state index in [-0.39, 0.29) is 6.01 Å². The average Bonchev–Trinajstić information content (AvgIpc) is 2.93. The highest BCUT2D eigenvalue weighted by Crippen LogP contribution is 2.34. The van der Waals surface area contributed by atoms with E-state index in [0.717, 1.165) is 11.3 Å². The third-order valence-electron chi connectivity index (χ3n) is 2.60. The first-order valence-corrected chi connectivity index (χ1v) is 6.16. The van der Waals surface area contributed by atoms with Gasteiger partial charge in [0.1, 0.15) is 13.2 Å². The van der Waals surface area contributed by atoms with Gasteiger partial charge in [0, 0.05) is 19.7 Å². The van der Waals surface area contributed by atoms with Crippen molar-refractivity contribution in [1.29, 1.82) is 0 Å². The van der Waals surface area contributed by atoms with Gasteiger partial charge in [-0.1, -0.05) is 5.10 Å². The van der Waals surface area contributed by atoms with Gasteiger partial charge in [-0.05, 0) is 18.2 Å². The Kier molecular flexibility index (Phi) is 3.24. The van der Waals surface area contributed by atoms with E-state index in [1.54, 1.807) is 11.2 Å². The van der Waals surface area contributed by atoms with Gasteiger partial charge in [0.2, 0.25) is 5.89 Å². The van der Waals surface area contributed by atoms with Crippen molar-refractivity contribution in [2.24, 2.45) is 4.99 Å². The van der Waals surface area contributed by atoms with E-state index in [2.05, 4.69) is 15.2 Å². The fourth-order valence-electron chi connectivity index (χ4n) is 1.73. The lowest BCUT2D eigenvalue weighted by molar-refractivity contribution is 0.171. The third kappa shape index (κ3) is 2.56. The molecule has 0 saturated heterocycles. The molecule has 2 heterocycles. The second kappa shape index (κ2) is 5.20. The van der Waals surface area contributed by atoms with E-state index >= 15 is 0 Å². The van der Waals surface area contributed by atoms with E-state index < -0.39 is 0 Å². The first-order chi connectivity index (χ1) is 9.72. The molecule has 0 fully saturated rings. The highest BCUT2D eigenvalue weighted by molar-refractivity contribution is 5.61. The minimum Gasteiger partial charge on any atom is -0.486 e. The summed E-state index contributed by atoms with van der Waals surface area (Å²) in [4.78, 5) is 5.83. The Morgan fingerprint density at radius 3 is 2.75 bits per heavy atom. The molecule has 0 radical (unpaired) electrons. The molecule has 7 heteroatoms. The summed E-state index contributed by atoms with van der Waals surface area (Å²) in [6.45, 7) is 1.11. The first kappa shape index (κ1) is 12.5. The number of nitrogens with zero attached hydrogens (tertiary/aromatic N) is 4. The number of aliphatic imine (C=N–C) groups is 1. The third-order valence-corrected chi connectivity index (χ3v) is 2.60. The molecular weight excluding hydrogens is 260 g/mol. The van der Waals surface area contributed by atoms with Gasteiger partial charge in [0.05, 0.1) is 6.34 Å². The van der Waals surface area contributed by atoms with Crippen molar-refractivity contribution in [2.45, 2.75) is 0 Å². The molecule has 20 heavy (non-hydrogen) atoms. The molecule has 1 aliphatic heterocycles. The largest absolute Gasteiger partial charge is 0.486 e. The molecule has 1 aromatic heterocycles. The second-order valence-corrected chi connectivity index (χ2v) is 4.46. The molecule has 0 spiro atoms. The molecule has 0 amide bonds. The van der Waals surface area contributed by atoms with Gasteiger partial charge in [-0.3, -0.25) is 0 Å². The maximum atomic E-state index is 5.52. The van der Waals surface area contributed by atoms with Crippen LogP contribution in [-0.2, 0) is 0 Å². The van der Waals surface area contributed by atoms with Gasteiger partial charge < -0.3 is 18.8 Å². The molecule has 1 aromatic carbocycles. The molecule has 1 aliphatic rings. The molecule has 0 aliphatic carbocycles. The average molecular weight is 274 g/mol. The summed E-state index contributed by atoms with van der Waals surface area (Å²) in [5.74, 6) is 1.81. The van der Waals surface area contributed by atoms with E-state index in [4.69, 9.17) is 13.9 Å². The standard InChI is InChI=1S/C13H14N4O3/c1-17(2)8-14-13-16-15-12(20-13)9-3-4-10-11(7-9)19-6-5-18-10/h3-4,7-8H,5-6H2,1-2H3/b14-8+. The van der Waals surface area contributed by atoms with Crippen LogP contribution in [0.1, 0.15) is 0 Å². The minimum atomic E-state index is 0.212. The van der Waals surface area contributed by atoms with E-state index in [0.29, 0.717) is 24.9 Å². The Morgan fingerprint density at radius 2 is 1.95 bits per heavy atom. The number of hydrogen-bond acceptors (Lipinski definition) is 6. The molecule has 0 bridgehead atoms. The van der Waals surface area contributed by atoms with E-state index in [1.807, 2.05) is 32.3 Å². The Morgan fingerprint density at radius 1 is 1.15 bits per heavy atom. The summed E-state index contributed by atoms with van der Waals surface area (Å²) in [6.07, 6.45) is 1.60. The Bertz CT molecular complexity index is 636. The second-order valence-electron chi connectivity index (χ2n) is 4.46. The number of benzene rings is 1. The lowest BCUT2D eigenvalue weighted by Crippen LogP contribution is -2.15. The minimum absolute atomic E-state index is 0.212. The maximum absolute atomic E-state index is 5.52. The van der Waals surface area contributed by atoms with Crippen molar-refractivity contribution in [1.82, 2.24) is 15.1 Å². The predicted molar refractivity (Wildman–Crippen MR) is 72.6 cm³/mol. The van der Waals surface area contributed by atoms with Crippen molar-refractivity contribution in [2.75, 3.05) is 27.3 Å². The van der Waals surface area contributed by atoms with Crippen LogP contribution in [0.2, 0.25) is 0 Å². The van der Waals surface area contributed by atoms with Crippen LogP contribution in [0.25, 0.3) is 11.5 Å². The van der Waals surface area contributed by atoms with Crippen LogP contribution in [0.3, 0.4) is 0 Å². The predicted octanol–water partition coefficient (Wildman–Crippen LogP) is 1.73. The SMILES string of the molecule is CN(C)/C=N/c1nnc(-c2ccc3c(c2)OCCO3)o1. The Labute approximate surface area is 115 Å². The van der Waals surface area contributed by atoms with Crippen LogP contribution < -0.4 is 9.47 Å². The lowest BCUT2D eigenvalue weighted by Gasteiger charge is -2.18. The van der Waals surface area contributed by atoms with Crippen molar-refractivity contribution in [3.8, 4) is 23.0 Å². The maximum Gasteiger partial charge on any atom is 0.344 e. The van der Waals surface area contributed by atoms with Crippen molar-refractivity contribution >= 4 is 12.4 Å². The Hall–Kier alpha value is -2.57. The molecule has 2 aromatic rings. The van der Waals surface area contributed by atoms with E-state index in [1.165, 1.54) is 0 Å². The molecule has 0 unspecified atom stereocenters. The molecule has 0 N–H and O–H groups in total. The number of fused-ring (bicyclic) bond motifs is 1. The van der Waals surface area contributed by atoms with Crippen LogP contribution in [0, 0.1) is 0 Å². The van der Waals surface area contributed by atoms with Crippen LogP contribution in [0.5, 0.6) is 11.5 Å². The number of rotatable bonds is 3. The van der Waals surface area contributed by atoms with Crippen molar-refractivity contribution < 1.29 is 13.9 Å². The summed E-state index contributed by atoms with van der Waals surface area (Å²) in [7, 11) is 3.73. The van der Waals surface area contributed by atoms with Crippen molar-refractivity contribution in [3.05, 3.63) is 18.2 Å². The first-order valence-electron chi connectivity index (χ1n) is 6.16. The molecule has 0 saturated carbocycles. The smallest absolute Gasteiger partial charge is 0.344 e. The number of ether oxygens (including phenoxy) is 2. The van der Waals surface area contributed by atoms with Crippen LogP contribution >= 0.6 is 0 Å². The fraction of sp³-hybridized carbons (Fsp3) is 0.308. The molecule has 7 nitrogen and oxygen atoms in total. The van der Waals surface area contributed by atoms with Crippen LogP contribution in [0.4, 0.5) is 6.01 Å². The lowest BCUT2D eigenvalue weighted by atomic mass is 10.2. The Balaban J connectivity index is 1.86. The zero-order valence-corrected chi connectivity index (χ0v) is 11.2. The molecule has 0 atom stereocenters. The summed E-state index contributed by atoms with van der Waals surface area (Å²) < 4.78 is 16.5. The zero-order chi connectivity index (χ0) is 13.9. The number of hydrogen-bond donors (Lipinski definition) is 0. The van der Waals surface area contributed by atoms with Crippen LogP contribution in [0.15, 0.2) is 27.6 Å². The molecule has 104 valence electrons. The summed E-state index contributed by atoms with van der Waals surface area (Å²) in [5.41, 5.74) is 0.771. The molecular formula is C13H14N4O3. The van der Waals surface area contributed by atoms with Crippen LogP contribution in [-0.4, -0.2) is 48.7 Å². The summed E-state index contributed by atoms with van der Waals surface area (Å²) in [6, 6.07) is 5.71. The summed E-state index contributed by atoms with van der Waals surface area (Å²) >= 11 is 0. The van der Waals surface area contributed by atoms with E-state index in [9.17, 15) is 0 Å². The quantitative estimate of drug-likeness (QED) is 0.627. The highest BCUT2D eigenvalue weighted by atomic mass is 16.6. The summed E-state index contributed by atoms with van der Waals surface area (Å²) in [5, 5.41) is 7.83. The normalized spacial score (nSPS) is 13.7. The molecule has 3 rings (SSSR count).